The van der Waals surface area contributed by atoms with Gasteiger partial charge in [-0.25, -0.2) is 9.37 Å². The van der Waals surface area contributed by atoms with Gasteiger partial charge < -0.3 is 20.1 Å². The summed E-state index contributed by atoms with van der Waals surface area (Å²) in [5, 5.41) is 12.6. The highest BCUT2D eigenvalue weighted by Gasteiger charge is 2.24. The second-order valence-electron chi connectivity index (χ2n) is 6.33. The molecule has 1 aliphatic heterocycles. The predicted molar refractivity (Wildman–Crippen MR) is 104 cm³/mol. The molecule has 0 saturated heterocycles. The highest BCUT2D eigenvalue weighted by atomic mass is 19.1. The van der Waals surface area contributed by atoms with Crippen LogP contribution in [0.1, 0.15) is 25.3 Å². The summed E-state index contributed by atoms with van der Waals surface area (Å²) in [4.78, 5) is 10.6. The maximum absolute atomic E-state index is 13.9. The number of nitrogens with one attached hydrogen (secondary N) is 1. The molecule has 1 aromatic carbocycles. The quantitative estimate of drug-likeness (QED) is 0.776. The van der Waals surface area contributed by atoms with Gasteiger partial charge in [0.1, 0.15) is 5.82 Å². The number of likely N-dealkylation sites (N-methyl/N-ethyl adjacent to an activating group) is 1. The molecule has 2 aromatic rings. The molecule has 0 saturated carbocycles. The van der Waals surface area contributed by atoms with Crippen LogP contribution in [0.15, 0.2) is 48.5 Å². The van der Waals surface area contributed by atoms with Crippen molar-refractivity contribution in [3.05, 3.63) is 59.9 Å². The first-order chi connectivity index (χ1) is 13.0. The van der Waals surface area contributed by atoms with Crippen LogP contribution in [0.3, 0.4) is 0 Å². The second-order valence-corrected chi connectivity index (χ2v) is 6.33. The molecule has 0 fully saturated rings. The number of aliphatic hydroxyl groups excluding tert-OH is 1. The van der Waals surface area contributed by atoms with Crippen molar-refractivity contribution >= 4 is 17.8 Å². The molecule has 3 rings (SSSR count). The van der Waals surface area contributed by atoms with Gasteiger partial charge in [0.15, 0.2) is 17.3 Å². The molecule has 0 bridgehead atoms. The number of aliphatic hydroxyl groups is 1. The molecule has 0 amide bonds. The van der Waals surface area contributed by atoms with Crippen LogP contribution in [0.25, 0.3) is 6.08 Å². The van der Waals surface area contributed by atoms with Gasteiger partial charge in [0, 0.05) is 18.8 Å². The SMILES string of the molecule is C=C1C(Oc2ccccc2F)=Cc2cnc(NC(CO)CCC)nc2N1C. The monoisotopic (exact) mass is 370 g/mol. The number of hydrogen-bond acceptors (Lipinski definition) is 6. The summed E-state index contributed by atoms with van der Waals surface area (Å²) in [5.41, 5.74) is 1.29. The van der Waals surface area contributed by atoms with Gasteiger partial charge in [-0.3, -0.25) is 0 Å². The van der Waals surface area contributed by atoms with E-state index in [2.05, 4.69) is 28.8 Å². The summed E-state index contributed by atoms with van der Waals surface area (Å²) in [6.45, 7) is 6.09. The third-order valence-corrected chi connectivity index (χ3v) is 4.34. The highest BCUT2D eigenvalue weighted by Crippen LogP contribution is 2.33. The Bertz CT molecular complexity index is 869. The van der Waals surface area contributed by atoms with Crippen molar-refractivity contribution < 1.29 is 14.2 Å². The Hall–Kier alpha value is -2.93. The Morgan fingerprint density at radius 3 is 2.85 bits per heavy atom. The summed E-state index contributed by atoms with van der Waals surface area (Å²) in [7, 11) is 1.81. The van der Waals surface area contributed by atoms with Crippen LogP contribution in [0.2, 0.25) is 0 Å². The third kappa shape index (κ3) is 4.09. The average molecular weight is 370 g/mol. The zero-order valence-corrected chi connectivity index (χ0v) is 15.4. The van der Waals surface area contributed by atoms with Gasteiger partial charge >= 0.3 is 0 Å². The fraction of sp³-hybridized carbons (Fsp3) is 0.300. The molecule has 6 nitrogen and oxygen atoms in total. The maximum Gasteiger partial charge on any atom is 0.224 e. The standard InChI is InChI=1S/C20H23FN4O2/c1-4-7-15(12-26)23-20-22-11-14-10-18(13(2)25(3)19(14)24-20)27-17-9-6-5-8-16(17)21/h5-6,8-11,15,26H,2,4,7,12H2,1,3H3,(H,22,23,24). The van der Waals surface area contributed by atoms with E-state index < -0.39 is 5.82 Å². The Labute approximate surface area is 158 Å². The van der Waals surface area contributed by atoms with Crippen molar-refractivity contribution in [1.29, 1.82) is 0 Å². The first kappa shape index (κ1) is 18.8. The van der Waals surface area contributed by atoms with Crippen molar-refractivity contribution in [3.8, 4) is 5.75 Å². The summed E-state index contributed by atoms with van der Waals surface area (Å²) in [5.74, 6) is 1.21. The average Bonchev–Trinajstić information content (AvgIpc) is 2.67. The molecule has 0 aliphatic carbocycles. The van der Waals surface area contributed by atoms with Crippen molar-refractivity contribution in [2.24, 2.45) is 0 Å². The summed E-state index contributed by atoms with van der Waals surface area (Å²) in [6.07, 6.45) is 5.17. The molecule has 27 heavy (non-hydrogen) atoms. The molecule has 2 heterocycles. The van der Waals surface area contributed by atoms with E-state index in [1.165, 1.54) is 6.07 Å². The van der Waals surface area contributed by atoms with Crippen LogP contribution >= 0.6 is 0 Å². The van der Waals surface area contributed by atoms with E-state index in [1.807, 2.05) is 7.05 Å². The van der Waals surface area contributed by atoms with Crippen LogP contribution in [-0.2, 0) is 0 Å². The minimum atomic E-state index is -0.443. The lowest BCUT2D eigenvalue weighted by molar-refractivity contribution is 0.268. The van der Waals surface area contributed by atoms with Crippen LogP contribution < -0.4 is 15.0 Å². The number of rotatable bonds is 7. The number of anilines is 2. The van der Waals surface area contributed by atoms with Crippen LogP contribution in [0, 0.1) is 5.82 Å². The van der Waals surface area contributed by atoms with Gasteiger partial charge in [0.25, 0.3) is 0 Å². The van der Waals surface area contributed by atoms with Crippen molar-refractivity contribution in [2.75, 3.05) is 23.9 Å². The number of benzene rings is 1. The first-order valence-corrected chi connectivity index (χ1v) is 8.85. The number of hydrogen-bond donors (Lipinski definition) is 2. The van der Waals surface area contributed by atoms with Gasteiger partial charge in [-0.1, -0.05) is 32.1 Å². The fourth-order valence-electron chi connectivity index (χ4n) is 2.81. The van der Waals surface area contributed by atoms with Crippen LogP contribution in [-0.4, -0.2) is 34.8 Å². The van der Waals surface area contributed by atoms with Gasteiger partial charge in [-0.2, -0.15) is 4.98 Å². The molecule has 2 N–H and O–H groups in total. The number of ether oxygens (including phenoxy) is 1. The van der Waals surface area contributed by atoms with E-state index in [0.717, 1.165) is 18.4 Å². The normalized spacial score (nSPS) is 14.4. The molecular weight excluding hydrogens is 347 g/mol. The van der Waals surface area contributed by atoms with Gasteiger partial charge in [0.05, 0.1) is 18.3 Å². The number of para-hydroxylation sites is 1. The van der Waals surface area contributed by atoms with E-state index in [0.29, 0.717) is 23.2 Å². The lowest BCUT2D eigenvalue weighted by Crippen LogP contribution is -2.27. The topological polar surface area (TPSA) is 70.5 Å². The zero-order valence-electron chi connectivity index (χ0n) is 15.4. The Kier molecular flexibility index (Phi) is 5.71. The zero-order chi connectivity index (χ0) is 19.4. The van der Waals surface area contributed by atoms with E-state index in [1.54, 1.807) is 35.4 Å². The molecule has 1 aromatic heterocycles. The number of halogens is 1. The lowest BCUT2D eigenvalue weighted by Gasteiger charge is -2.28. The smallest absolute Gasteiger partial charge is 0.224 e. The summed E-state index contributed by atoms with van der Waals surface area (Å²) in [6, 6.07) is 6.12. The van der Waals surface area contributed by atoms with Crippen molar-refractivity contribution in [3.63, 3.8) is 0 Å². The van der Waals surface area contributed by atoms with Crippen molar-refractivity contribution in [1.82, 2.24) is 9.97 Å². The molecule has 7 heteroatoms. The van der Waals surface area contributed by atoms with Gasteiger partial charge in [-0.05, 0) is 24.6 Å². The molecule has 1 unspecified atom stereocenters. The summed E-state index contributed by atoms with van der Waals surface area (Å²) < 4.78 is 19.6. The lowest BCUT2D eigenvalue weighted by atomic mass is 10.1. The fourth-order valence-corrected chi connectivity index (χ4v) is 2.81. The number of fused-ring (bicyclic) bond motifs is 1. The molecule has 0 spiro atoms. The first-order valence-electron chi connectivity index (χ1n) is 8.85. The van der Waals surface area contributed by atoms with E-state index in [-0.39, 0.29) is 18.4 Å². The van der Waals surface area contributed by atoms with Crippen LogP contribution in [0.5, 0.6) is 5.75 Å². The molecule has 0 radical (unpaired) electrons. The summed E-state index contributed by atoms with van der Waals surface area (Å²) >= 11 is 0. The molecule has 1 aliphatic rings. The van der Waals surface area contributed by atoms with Crippen molar-refractivity contribution in [2.45, 2.75) is 25.8 Å². The minimum absolute atomic E-state index is 0.0113. The predicted octanol–water partition coefficient (Wildman–Crippen LogP) is 3.57. The van der Waals surface area contributed by atoms with Crippen LogP contribution in [0.4, 0.5) is 16.2 Å². The van der Waals surface area contributed by atoms with Gasteiger partial charge in [0.2, 0.25) is 5.95 Å². The molecule has 1 atom stereocenters. The Morgan fingerprint density at radius 2 is 2.15 bits per heavy atom. The third-order valence-electron chi connectivity index (χ3n) is 4.34. The number of nitrogens with zero attached hydrogens (tertiary/aromatic N) is 3. The highest BCUT2D eigenvalue weighted by molar-refractivity contribution is 5.75. The maximum atomic E-state index is 13.9. The molecule has 142 valence electrons. The minimum Gasteiger partial charge on any atom is -0.452 e. The van der Waals surface area contributed by atoms with Gasteiger partial charge in [-0.15, -0.1) is 0 Å². The largest absolute Gasteiger partial charge is 0.452 e. The Balaban J connectivity index is 1.87. The Morgan fingerprint density at radius 1 is 1.37 bits per heavy atom. The second kappa shape index (κ2) is 8.18. The van der Waals surface area contributed by atoms with E-state index in [9.17, 15) is 9.50 Å². The van der Waals surface area contributed by atoms with E-state index >= 15 is 0 Å². The molecular formula is C20H23FN4O2. The van der Waals surface area contributed by atoms with E-state index in [4.69, 9.17) is 4.74 Å². The number of aromatic nitrogens is 2.